The fourth-order valence-corrected chi connectivity index (χ4v) is 4.16. The van der Waals surface area contributed by atoms with E-state index in [1.807, 2.05) is 51.1 Å². The molecule has 4 rings (SSSR count). The Morgan fingerprint density at radius 3 is 2.56 bits per heavy atom. The number of rotatable bonds is 7. The number of aryl methyl sites for hydroxylation is 2. The van der Waals surface area contributed by atoms with Crippen LogP contribution in [-0.2, 0) is 9.53 Å². The van der Waals surface area contributed by atoms with Crippen LogP contribution in [0.4, 0.5) is 0 Å². The zero-order chi connectivity index (χ0) is 22.7. The van der Waals surface area contributed by atoms with Crippen molar-refractivity contribution in [1.82, 2.24) is 29.8 Å². The van der Waals surface area contributed by atoms with Gasteiger partial charge >= 0.3 is 0 Å². The largest absolute Gasteiger partial charge is 0.379 e. The summed E-state index contributed by atoms with van der Waals surface area (Å²) in [5, 5.41) is 12.6. The molecule has 1 atom stereocenters. The van der Waals surface area contributed by atoms with Crippen molar-refractivity contribution in [3.05, 3.63) is 52.1 Å². The van der Waals surface area contributed by atoms with Crippen molar-refractivity contribution in [1.29, 1.82) is 0 Å². The number of amides is 1. The minimum Gasteiger partial charge on any atom is -0.379 e. The molecule has 0 spiro atoms. The van der Waals surface area contributed by atoms with Gasteiger partial charge in [-0.2, -0.15) is 10.2 Å². The normalized spacial score (nSPS) is 15.7. The highest BCUT2D eigenvalue weighted by Gasteiger charge is 2.25. The maximum Gasteiger partial charge on any atom is 0.278 e. The number of para-hydroxylation sites is 1. The maximum atomic E-state index is 13.4. The van der Waals surface area contributed by atoms with E-state index >= 15 is 0 Å². The van der Waals surface area contributed by atoms with E-state index in [0.717, 1.165) is 44.2 Å². The third kappa shape index (κ3) is 4.31. The van der Waals surface area contributed by atoms with Crippen LogP contribution in [0.2, 0.25) is 0 Å². The lowest BCUT2D eigenvalue weighted by molar-refractivity contribution is -0.124. The summed E-state index contributed by atoms with van der Waals surface area (Å²) < 4.78 is 8.44. The molecule has 0 radical (unpaired) electrons. The average Bonchev–Trinajstić information content (AvgIpc) is 3.17. The molecule has 1 fully saturated rings. The molecule has 0 unspecified atom stereocenters. The average molecular weight is 439 g/mol. The molecule has 32 heavy (non-hydrogen) atoms. The number of hydrogen-bond donors (Lipinski definition) is 1. The number of morpholine rings is 1. The molecule has 1 aliphatic heterocycles. The summed E-state index contributed by atoms with van der Waals surface area (Å²) in [5.41, 5.74) is 2.50. The van der Waals surface area contributed by atoms with E-state index in [4.69, 9.17) is 4.74 Å². The lowest BCUT2D eigenvalue weighted by Crippen LogP contribution is -2.44. The van der Waals surface area contributed by atoms with E-state index in [2.05, 4.69) is 20.4 Å². The predicted molar refractivity (Wildman–Crippen MR) is 122 cm³/mol. The molecule has 1 N–H and O–H groups in total. The first-order valence-corrected chi connectivity index (χ1v) is 11.1. The fourth-order valence-electron chi connectivity index (χ4n) is 4.16. The molecule has 1 aliphatic rings. The van der Waals surface area contributed by atoms with Crippen LogP contribution >= 0.6 is 0 Å². The Bertz CT molecular complexity index is 1150. The number of fused-ring (bicyclic) bond motifs is 1. The lowest BCUT2D eigenvalue weighted by Gasteiger charge is -2.26. The standard InChI is InChI=1S/C23H30N6O3/c1-4-19(22(30)24-10-11-27-12-14-32-15-13-27)29-23(31)20-17(3)28(18-8-6-5-7-9-18)26-21(20)16(2)25-29/h5-9,19H,4,10-15H2,1-3H3,(H,24,30)/t19-/m1/s1. The summed E-state index contributed by atoms with van der Waals surface area (Å²) in [6.45, 7) is 10.1. The Morgan fingerprint density at radius 1 is 1.16 bits per heavy atom. The van der Waals surface area contributed by atoms with Crippen LogP contribution in [0, 0.1) is 13.8 Å². The summed E-state index contributed by atoms with van der Waals surface area (Å²) in [6, 6.07) is 9.01. The quantitative estimate of drug-likeness (QED) is 0.602. The molecule has 9 heteroatoms. The van der Waals surface area contributed by atoms with Crippen LogP contribution < -0.4 is 10.9 Å². The molecular weight excluding hydrogens is 408 g/mol. The van der Waals surface area contributed by atoms with Gasteiger partial charge in [-0.3, -0.25) is 14.5 Å². The molecule has 0 saturated carbocycles. The molecule has 2 aromatic heterocycles. The maximum absolute atomic E-state index is 13.4. The van der Waals surface area contributed by atoms with Crippen LogP contribution in [0.15, 0.2) is 35.1 Å². The van der Waals surface area contributed by atoms with Crippen molar-refractivity contribution < 1.29 is 9.53 Å². The van der Waals surface area contributed by atoms with E-state index < -0.39 is 6.04 Å². The number of ether oxygens (including phenoxy) is 1. The van der Waals surface area contributed by atoms with E-state index in [0.29, 0.717) is 29.6 Å². The summed E-state index contributed by atoms with van der Waals surface area (Å²) in [6.07, 6.45) is 0.465. The van der Waals surface area contributed by atoms with Crippen LogP contribution in [0.25, 0.3) is 16.6 Å². The van der Waals surface area contributed by atoms with Gasteiger partial charge in [0.05, 0.1) is 35.7 Å². The lowest BCUT2D eigenvalue weighted by atomic mass is 10.2. The van der Waals surface area contributed by atoms with Gasteiger partial charge in [0.15, 0.2) is 0 Å². The SMILES string of the molecule is CC[C@H](C(=O)NCCN1CCOCC1)n1nc(C)c2nn(-c3ccccc3)c(C)c2c1=O. The highest BCUT2D eigenvalue weighted by molar-refractivity contribution is 5.84. The summed E-state index contributed by atoms with van der Waals surface area (Å²) in [4.78, 5) is 28.6. The molecule has 9 nitrogen and oxygen atoms in total. The second-order valence-electron chi connectivity index (χ2n) is 8.06. The second-order valence-corrected chi connectivity index (χ2v) is 8.06. The summed E-state index contributed by atoms with van der Waals surface area (Å²) in [5.74, 6) is -0.192. The Labute approximate surface area is 187 Å². The zero-order valence-electron chi connectivity index (χ0n) is 18.9. The topological polar surface area (TPSA) is 94.3 Å². The van der Waals surface area contributed by atoms with Gasteiger partial charge in [0.1, 0.15) is 11.6 Å². The Kier molecular flexibility index (Phi) is 6.66. The Morgan fingerprint density at radius 2 is 1.88 bits per heavy atom. The third-order valence-corrected chi connectivity index (χ3v) is 5.95. The summed E-state index contributed by atoms with van der Waals surface area (Å²) in [7, 11) is 0. The summed E-state index contributed by atoms with van der Waals surface area (Å²) >= 11 is 0. The van der Waals surface area contributed by atoms with Gasteiger partial charge in [-0.1, -0.05) is 25.1 Å². The minimum atomic E-state index is -0.672. The molecule has 3 heterocycles. The number of carbonyl (C=O) groups excluding carboxylic acids is 1. The van der Waals surface area contributed by atoms with Crippen molar-refractivity contribution in [3.8, 4) is 5.69 Å². The number of aromatic nitrogens is 4. The highest BCUT2D eigenvalue weighted by Crippen LogP contribution is 2.21. The van der Waals surface area contributed by atoms with Crippen LogP contribution in [-0.4, -0.2) is 69.8 Å². The van der Waals surface area contributed by atoms with Crippen LogP contribution in [0.5, 0.6) is 0 Å². The number of nitrogens with zero attached hydrogens (tertiary/aromatic N) is 5. The first-order valence-electron chi connectivity index (χ1n) is 11.1. The van der Waals surface area contributed by atoms with Crippen molar-refractivity contribution >= 4 is 16.8 Å². The minimum absolute atomic E-state index is 0.192. The highest BCUT2D eigenvalue weighted by atomic mass is 16.5. The molecule has 1 aromatic carbocycles. The van der Waals surface area contributed by atoms with Crippen molar-refractivity contribution in [3.63, 3.8) is 0 Å². The molecule has 170 valence electrons. The van der Waals surface area contributed by atoms with Gasteiger partial charge in [-0.15, -0.1) is 0 Å². The second kappa shape index (κ2) is 9.62. The van der Waals surface area contributed by atoms with Crippen molar-refractivity contribution in [2.75, 3.05) is 39.4 Å². The number of nitrogens with one attached hydrogen (secondary N) is 1. The van der Waals surface area contributed by atoms with Crippen LogP contribution in [0.3, 0.4) is 0 Å². The monoisotopic (exact) mass is 438 g/mol. The van der Waals surface area contributed by atoms with E-state index in [1.54, 1.807) is 4.68 Å². The van der Waals surface area contributed by atoms with Gasteiger partial charge in [-0.05, 0) is 32.4 Å². The van der Waals surface area contributed by atoms with Gasteiger partial charge in [0, 0.05) is 26.2 Å². The van der Waals surface area contributed by atoms with E-state index in [9.17, 15) is 9.59 Å². The zero-order valence-corrected chi connectivity index (χ0v) is 18.9. The van der Waals surface area contributed by atoms with Crippen LogP contribution in [0.1, 0.15) is 30.8 Å². The molecule has 1 amide bonds. The smallest absolute Gasteiger partial charge is 0.278 e. The molecule has 0 bridgehead atoms. The Balaban J connectivity index is 1.60. The van der Waals surface area contributed by atoms with Crippen molar-refractivity contribution in [2.24, 2.45) is 0 Å². The molecular formula is C23H30N6O3. The predicted octanol–water partition coefficient (Wildman–Crippen LogP) is 1.60. The number of benzene rings is 1. The van der Waals surface area contributed by atoms with Gasteiger partial charge in [-0.25, -0.2) is 9.36 Å². The third-order valence-electron chi connectivity index (χ3n) is 5.95. The van der Waals surface area contributed by atoms with Gasteiger partial charge in [0.25, 0.3) is 5.56 Å². The van der Waals surface area contributed by atoms with Crippen molar-refractivity contribution in [2.45, 2.75) is 33.2 Å². The van der Waals surface area contributed by atoms with Gasteiger partial charge in [0.2, 0.25) is 5.91 Å². The van der Waals surface area contributed by atoms with E-state index in [-0.39, 0.29) is 11.5 Å². The van der Waals surface area contributed by atoms with E-state index in [1.165, 1.54) is 4.68 Å². The number of carbonyl (C=O) groups is 1. The molecule has 3 aromatic rings. The van der Waals surface area contributed by atoms with Gasteiger partial charge < -0.3 is 10.1 Å². The fraction of sp³-hybridized carbons (Fsp3) is 0.478. The first kappa shape index (κ1) is 22.2. The number of hydrogen-bond acceptors (Lipinski definition) is 6. The molecule has 0 aliphatic carbocycles. The first-order chi connectivity index (χ1) is 15.5. The Hall–Kier alpha value is -3.04. The molecule has 1 saturated heterocycles.